The summed E-state index contributed by atoms with van der Waals surface area (Å²) in [6, 6.07) is 10.1. The molecule has 1 amide bonds. The zero-order valence-corrected chi connectivity index (χ0v) is 13.6. The highest BCUT2D eigenvalue weighted by Gasteiger charge is 2.37. The molecule has 0 spiro atoms. The molecule has 0 radical (unpaired) electrons. The summed E-state index contributed by atoms with van der Waals surface area (Å²) in [6.07, 6.45) is 3.86. The van der Waals surface area contributed by atoms with Crippen LogP contribution >= 0.6 is 0 Å². The van der Waals surface area contributed by atoms with Crippen LogP contribution in [0.15, 0.2) is 43.0 Å². The molecule has 1 saturated heterocycles. The molecule has 1 fully saturated rings. The van der Waals surface area contributed by atoms with E-state index in [9.17, 15) is 4.79 Å². The van der Waals surface area contributed by atoms with Crippen molar-refractivity contribution in [3.05, 3.63) is 48.6 Å². The predicted molar refractivity (Wildman–Crippen MR) is 86.3 cm³/mol. The van der Waals surface area contributed by atoms with E-state index in [2.05, 4.69) is 18.7 Å². The summed E-state index contributed by atoms with van der Waals surface area (Å²) in [5.74, 6) is 0. The second kappa shape index (κ2) is 6.97. The highest BCUT2D eigenvalue weighted by molar-refractivity contribution is 5.67. The molecule has 22 heavy (non-hydrogen) atoms. The first-order chi connectivity index (χ1) is 10.4. The van der Waals surface area contributed by atoms with E-state index in [1.165, 1.54) is 10.6 Å². The Labute approximate surface area is 132 Å². The highest BCUT2D eigenvalue weighted by Crippen LogP contribution is 2.27. The highest BCUT2D eigenvalue weighted by atomic mass is 16.7. The van der Waals surface area contributed by atoms with Crippen molar-refractivity contribution in [2.75, 3.05) is 0 Å². The first-order valence-corrected chi connectivity index (χ1v) is 7.74. The third kappa shape index (κ3) is 4.60. The van der Waals surface area contributed by atoms with Gasteiger partial charge in [0.05, 0.1) is 12.1 Å². The molecule has 1 aromatic carbocycles. The van der Waals surface area contributed by atoms with Crippen molar-refractivity contribution in [1.29, 1.82) is 0 Å². The maximum absolute atomic E-state index is 12.2. The Bertz CT molecular complexity index is 507. The van der Waals surface area contributed by atoms with Crippen molar-refractivity contribution < 1.29 is 14.4 Å². The molecule has 1 aliphatic heterocycles. The van der Waals surface area contributed by atoms with Crippen LogP contribution in [0.2, 0.25) is 0 Å². The summed E-state index contributed by atoms with van der Waals surface area (Å²) in [5, 5.41) is 1.33. The molecule has 4 heteroatoms. The van der Waals surface area contributed by atoms with Gasteiger partial charge in [0.25, 0.3) is 0 Å². The number of nitrogens with zero attached hydrogens (tertiary/aromatic N) is 1. The molecule has 0 saturated carbocycles. The van der Waals surface area contributed by atoms with Crippen LogP contribution in [0, 0.1) is 0 Å². The Morgan fingerprint density at radius 2 is 2.09 bits per heavy atom. The lowest BCUT2D eigenvalue weighted by molar-refractivity contribution is -0.145. The van der Waals surface area contributed by atoms with Gasteiger partial charge in [-0.05, 0) is 39.2 Å². The smallest absolute Gasteiger partial charge is 0.435 e. The first-order valence-electron chi connectivity index (χ1n) is 7.74. The minimum atomic E-state index is -0.533. The summed E-state index contributed by atoms with van der Waals surface area (Å²) >= 11 is 0. The molecule has 0 N–H and O–H groups in total. The summed E-state index contributed by atoms with van der Waals surface area (Å²) in [7, 11) is 0. The number of carbonyl (C=O) groups excluding carboxylic acids is 1. The topological polar surface area (TPSA) is 38.8 Å². The number of ether oxygens (including phenoxy) is 1. The molecular formula is C18H25NO3. The SMILES string of the molecule is C=C[C@H]1C[C@@H](CCc2ccccc2)ON1C(=O)OC(C)(C)C. The number of aryl methyl sites for hydroxylation is 1. The van der Waals surface area contributed by atoms with Crippen LogP contribution in [0.25, 0.3) is 0 Å². The molecule has 0 bridgehead atoms. The molecule has 1 aromatic rings. The van der Waals surface area contributed by atoms with E-state index in [1.807, 2.05) is 39.0 Å². The lowest BCUT2D eigenvalue weighted by Gasteiger charge is -2.26. The summed E-state index contributed by atoms with van der Waals surface area (Å²) in [6.45, 7) is 9.33. The fourth-order valence-corrected chi connectivity index (χ4v) is 2.47. The van der Waals surface area contributed by atoms with Crippen molar-refractivity contribution in [2.24, 2.45) is 0 Å². The van der Waals surface area contributed by atoms with Gasteiger partial charge >= 0.3 is 6.09 Å². The molecule has 0 aromatic heterocycles. The van der Waals surface area contributed by atoms with Gasteiger partial charge in [0.1, 0.15) is 5.60 Å². The second-order valence-electron chi connectivity index (χ2n) is 6.60. The lowest BCUT2D eigenvalue weighted by Crippen LogP contribution is -2.38. The largest absolute Gasteiger partial charge is 0.442 e. The van der Waals surface area contributed by atoms with Crippen LogP contribution in [-0.4, -0.2) is 28.9 Å². The van der Waals surface area contributed by atoms with Gasteiger partial charge in [-0.15, -0.1) is 6.58 Å². The van der Waals surface area contributed by atoms with E-state index < -0.39 is 11.7 Å². The number of hydroxylamine groups is 2. The molecule has 2 rings (SSSR count). The third-order valence-corrected chi connectivity index (χ3v) is 3.51. The zero-order chi connectivity index (χ0) is 16.2. The van der Waals surface area contributed by atoms with E-state index in [4.69, 9.17) is 9.57 Å². The number of hydrogen-bond donors (Lipinski definition) is 0. The van der Waals surface area contributed by atoms with Crippen molar-refractivity contribution >= 4 is 6.09 Å². The molecule has 4 nitrogen and oxygen atoms in total. The monoisotopic (exact) mass is 303 g/mol. The predicted octanol–water partition coefficient (Wildman–Crippen LogP) is 4.11. The normalized spacial score (nSPS) is 21.7. The Hall–Kier alpha value is -1.81. The van der Waals surface area contributed by atoms with Gasteiger partial charge < -0.3 is 4.74 Å². The van der Waals surface area contributed by atoms with Crippen molar-refractivity contribution in [3.63, 3.8) is 0 Å². The van der Waals surface area contributed by atoms with Gasteiger partial charge in [-0.1, -0.05) is 36.4 Å². The average Bonchev–Trinajstić information content (AvgIpc) is 2.88. The van der Waals surface area contributed by atoms with Crippen LogP contribution in [0.5, 0.6) is 0 Å². The maximum atomic E-state index is 12.2. The van der Waals surface area contributed by atoms with Crippen molar-refractivity contribution in [3.8, 4) is 0 Å². The zero-order valence-electron chi connectivity index (χ0n) is 13.6. The summed E-state index contributed by atoms with van der Waals surface area (Å²) < 4.78 is 5.38. The molecule has 120 valence electrons. The Morgan fingerprint density at radius 1 is 1.41 bits per heavy atom. The molecule has 0 unspecified atom stereocenters. The average molecular weight is 303 g/mol. The van der Waals surface area contributed by atoms with Crippen LogP contribution in [0.4, 0.5) is 4.79 Å². The number of benzene rings is 1. The van der Waals surface area contributed by atoms with Gasteiger partial charge in [-0.3, -0.25) is 4.84 Å². The summed E-state index contributed by atoms with van der Waals surface area (Å²) in [4.78, 5) is 18.0. The van der Waals surface area contributed by atoms with Crippen LogP contribution in [-0.2, 0) is 16.0 Å². The minimum Gasteiger partial charge on any atom is -0.442 e. The molecule has 0 aliphatic carbocycles. The van der Waals surface area contributed by atoms with Crippen molar-refractivity contribution in [1.82, 2.24) is 5.06 Å². The number of amides is 1. The number of hydrogen-bond acceptors (Lipinski definition) is 3. The van der Waals surface area contributed by atoms with Crippen LogP contribution in [0.1, 0.15) is 39.2 Å². The Kier molecular flexibility index (Phi) is 5.24. The lowest BCUT2D eigenvalue weighted by atomic mass is 10.0. The summed E-state index contributed by atoms with van der Waals surface area (Å²) in [5.41, 5.74) is 0.742. The van der Waals surface area contributed by atoms with E-state index in [0.717, 1.165) is 19.3 Å². The Balaban J connectivity index is 1.91. The molecule has 2 atom stereocenters. The quantitative estimate of drug-likeness (QED) is 0.786. The van der Waals surface area contributed by atoms with Gasteiger partial charge in [-0.25, -0.2) is 4.79 Å². The van der Waals surface area contributed by atoms with E-state index in [1.54, 1.807) is 6.08 Å². The van der Waals surface area contributed by atoms with Crippen LogP contribution in [0.3, 0.4) is 0 Å². The van der Waals surface area contributed by atoms with Gasteiger partial charge in [-0.2, -0.15) is 5.06 Å². The van der Waals surface area contributed by atoms with Crippen molar-refractivity contribution in [2.45, 2.75) is 57.8 Å². The maximum Gasteiger partial charge on any atom is 0.435 e. The standard InChI is InChI=1S/C18H25NO3/c1-5-15-13-16(12-11-14-9-7-6-8-10-14)22-19(15)17(20)21-18(2,3)4/h5-10,15-16H,1,11-13H2,2-4H3/t15-,16+/m0/s1. The first kappa shape index (κ1) is 16.6. The van der Waals surface area contributed by atoms with E-state index in [-0.39, 0.29) is 12.1 Å². The molecule has 1 aliphatic rings. The Morgan fingerprint density at radius 3 is 2.68 bits per heavy atom. The van der Waals surface area contributed by atoms with E-state index >= 15 is 0 Å². The molecular weight excluding hydrogens is 278 g/mol. The van der Waals surface area contributed by atoms with Gasteiger partial charge in [0.15, 0.2) is 0 Å². The second-order valence-corrected chi connectivity index (χ2v) is 6.60. The molecule has 1 heterocycles. The fraction of sp³-hybridized carbons (Fsp3) is 0.500. The number of carbonyl (C=O) groups is 1. The minimum absolute atomic E-state index is 0.00993. The van der Waals surface area contributed by atoms with Crippen LogP contribution < -0.4 is 0 Å². The van der Waals surface area contributed by atoms with Gasteiger partial charge in [0, 0.05) is 6.42 Å². The van der Waals surface area contributed by atoms with E-state index in [0.29, 0.717) is 0 Å². The fourth-order valence-electron chi connectivity index (χ4n) is 2.47. The number of rotatable bonds is 4. The third-order valence-electron chi connectivity index (χ3n) is 3.51. The van der Waals surface area contributed by atoms with Gasteiger partial charge in [0.2, 0.25) is 0 Å².